The zero-order valence-corrected chi connectivity index (χ0v) is 20.3. The standard InChI is InChI=1S/C22H38O6Si/c1-20(2,3)28-19(24)25-15-22(5)18(27-22)10-9-17-21(4,26-17)13-11-16(23)12-14-29(6,7)8/h16-18,23H,9-11,13,15H2,1-8H3/t16?,17-,18-,21-,22-/m0/s1. The SMILES string of the molecule is CC(C)(C)OC(=O)OC[C@]1(C)O[C@H]1CC[C@@H]1O[C@@]1(C)CCC(O)C#C[Si](C)(C)C. The predicted octanol–water partition coefficient (Wildman–Crippen LogP) is 4.06. The topological polar surface area (TPSA) is 80.8 Å². The van der Waals surface area contributed by atoms with Gasteiger partial charge in [-0.1, -0.05) is 25.6 Å². The second-order valence-corrected chi connectivity index (χ2v) is 15.5. The Labute approximate surface area is 176 Å². The first-order valence-corrected chi connectivity index (χ1v) is 14.0. The number of ether oxygens (including phenoxy) is 4. The highest BCUT2D eigenvalue weighted by Gasteiger charge is 2.56. The van der Waals surface area contributed by atoms with Crippen molar-refractivity contribution in [2.45, 2.75) is 115 Å². The quantitative estimate of drug-likeness (QED) is 0.273. The van der Waals surface area contributed by atoms with Crippen LogP contribution in [0.15, 0.2) is 0 Å². The molecule has 0 bridgehead atoms. The van der Waals surface area contributed by atoms with Crippen LogP contribution in [0.1, 0.15) is 60.3 Å². The molecule has 0 spiro atoms. The maximum absolute atomic E-state index is 11.7. The molecule has 0 aliphatic carbocycles. The normalized spacial score (nSPS) is 32.0. The van der Waals surface area contributed by atoms with Gasteiger partial charge in [-0.2, -0.15) is 0 Å². The lowest BCUT2D eigenvalue weighted by molar-refractivity contribution is -0.0150. The minimum Gasteiger partial charge on any atom is -0.431 e. The third-order valence-electron chi connectivity index (χ3n) is 5.16. The first-order chi connectivity index (χ1) is 13.1. The number of hydrogen-bond acceptors (Lipinski definition) is 6. The Morgan fingerprint density at radius 2 is 1.69 bits per heavy atom. The van der Waals surface area contributed by atoms with Crippen LogP contribution in [0.4, 0.5) is 4.79 Å². The van der Waals surface area contributed by atoms with E-state index in [9.17, 15) is 9.90 Å². The van der Waals surface area contributed by atoms with E-state index in [0.717, 1.165) is 19.3 Å². The number of carbonyl (C=O) groups excluding carboxylic acids is 1. The van der Waals surface area contributed by atoms with Gasteiger partial charge in [-0.05, 0) is 60.3 Å². The second-order valence-electron chi connectivity index (χ2n) is 10.7. The van der Waals surface area contributed by atoms with Crippen molar-refractivity contribution in [1.29, 1.82) is 0 Å². The summed E-state index contributed by atoms with van der Waals surface area (Å²) in [5.41, 5.74) is 2.03. The summed E-state index contributed by atoms with van der Waals surface area (Å²) in [6, 6.07) is 0. The maximum Gasteiger partial charge on any atom is 0.508 e. The molecule has 0 radical (unpaired) electrons. The van der Waals surface area contributed by atoms with Crippen LogP contribution < -0.4 is 0 Å². The van der Waals surface area contributed by atoms with Gasteiger partial charge in [0.25, 0.3) is 0 Å². The molecular formula is C22H38O6Si. The van der Waals surface area contributed by atoms with E-state index in [1.807, 2.05) is 6.92 Å². The predicted molar refractivity (Wildman–Crippen MR) is 114 cm³/mol. The van der Waals surface area contributed by atoms with Crippen LogP contribution in [0.25, 0.3) is 0 Å². The Morgan fingerprint density at radius 3 is 2.24 bits per heavy atom. The Morgan fingerprint density at radius 1 is 1.14 bits per heavy atom. The number of rotatable bonds is 8. The van der Waals surface area contributed by atoms with Crippen molar-refractivity contribution in [3.05, 3.63) is 0 Å². The van der Waals surface area contributed by atoms with Crippen molar-refractivity contribution in [1.82, 2.24) is 0 Å². The van der Waals surface area contributed by atoms with E-state index in [0.29, 0.717) is 6.42 Å². The van der Waals surface area contributed by atoms with E-state index in [4.69, 9.17) is 18.9 Å². The Hall–Kier alpha value is -1.07. The molecule has 2 aliphatic rings. The van der Waals surface area contributed by atoms with Gasteiger partial charge >= 0.3 is 6.16 Å². The average Bonchev–Trinajstić information content (AvgIpc) is 3.41. The number of epoxide rings is 2. The summed E-state index contributed by atoms with van der Waals surface area (Å²) in [5.74, 6) is 2.99. The first-order valence-electron chi connectivity index (χ1n) is 10.5. The smallest absolute Gasteiger partial charge is 0.431 e. The summed E-state index contributed by atoms with van der Waals surface area (Å²) in [6.07, 6.45) is 2.17. The molecule has 166 valence electrons. The van der Waals surface area contributed by atoms with Crippen molar-refractivity contribution in [2.24, 2.45) is 0 Å². The van der Waals surface area contributed by atoms with Gasteiger partial charge < -0.3 is 24.1 Å². The summed E-state index contributed by atoms with van der Waals surface area (Å²) in [6.45, 7) is 16.1. The van der Waals surface area contributed by atoms with Crippen molar-refractivity contribution in [3.8, 4) is 11.5 Å². The fraction of sp³-hybridized carbons (Fsp3) is 0.864. The third-order valence-corrected chi connectivity index (χ3v) is 6.05. The van der Waals surface area contributed by atoms with E-state index in [1.54, 1.807) is 20.8 Å². The molecule has 1 unspecified atom stereocenters. The van der Waals surface area contributed by atoms with Crippen LogP contribution in [0.5, 0.6) is 0 Å². The van der Waals surface area contributed by atoms with Crippen molar-refractivity contribution in [3.63, 3.8) is 0 Å². The number of aliphatic hydroxyl groups excluding tert-OH is 1. The van der Waals surface area contributed by atoms with E-state index in [1.165, 1.54) is 0 Å². The van der Waals surface area contributed by atoms with Crippen molar-refractivity contribution in [2.75, 3.05) is 6.61 Å². The average molecular weight is 427 g/mol. The second kappa shape index (κ2) is 8.58. The largest absolute Gasteiger partial charge is 0.508 e. The molecule has 0 aromatic heterocycles. The monoisotopic (exact) mass is 426 g/mol. The highest BCUT2D eigenvalue weighted by molar-refractivity contribution is 6.83. The first kappa shape index (κ1) is 24.2. The molecule has 29 heavy (non-hydrogen) atoms. The zero-order valence-electron chi connectivity index (χ0n) is 19.3. The molecular weight excluding hydrogens is 388 g/mol. The molecule has 2 fully saturated rings. The maximum atomic E-state index is 11.7. The number of carbonyl (C=O) groups is 1. The number of hydrogen-bond donors (Lipinski definition) is 1. The highest BCUT2D eigenvalue weighted by atomic mass is 28.3. The molecule has 0 amide bonds. The van der Waals surface area contributed by atoms with Crippen LogP contribution in [0, 0.1) is 11.5 Å². The van der Waals surface area contributed by atoms with Gasteiger partial charge in [0.1, 0.15) is 32.0 Å². The lowest BCUT2D eigenvalue weighted by Gasteiger charge is -2.19. The minimum atomic E-state index is -1.46. The van der Waals surface area contributed by atoms with E-state index in [-0.39, 0.29) is 24.4 Å². The van der Waals surface area contributed by atoms with Gasteiger partial charge in [0.05, 0.1) is 17.8 Å². The van der Waals surface area contributed by atoms with Gasteiger partial charge in [0, 0.05) is 0 Å². The molecule has 2 aliphatic heterocycles. The van der Waals surface area contributed by atoms with Gasteiger partial charge in [0.2, 0.25) is 0 Å². The fourth-order valence-electron chi connectivity index (χ4n) is 3.24. The van der Waals surface area contributed by atoms with Gasteiger partial charge in [0.15, 0.2) is 0 Å². The lowest BCUT2D eigenvalue weighted by atomic mass is 9.95. The Bertz CT molecular complexity index is 655. The molecule has 2 heterocycles. The summed E-state index contributed by atoms with van der Waals surface area (Å²) in [5, 5.41) is 10.1. The van der Waals surface area contributed by atoms with E-state index in [2.05, 4.69) is 38.0 Å². The van der Waals surface area contributed by atoms with Gasteiger partial charge in [-0.3, -0.25) is 0 Å². The van der Waals surface area contributed by atoms with Crippen LogP contribution in [0.2, 0.25) is 19.6 Å². The van der Waals surface area contributed by atoms with E-state index < -0.39 is 31.5 Å². The molecule has 0 saturated carbocycles. The van der Waals surface area contributed by atoms with Crippen LogP contribution in [-0.2, 0) is 18.9 Å². The summed E-state index contributed by atoms with van der Waals surface area (Å²) >= 11 is 0. The summed E-state index contributed by atoms with van der Waals surface area (Å²) < 4.78 is 22.0. The third kappa shape index (κ3) is 8.29. The molecule has 7 heteroatoms. The molecule has 6 nitrogen and oxygen atoms in total. The van der Waals surface area contributed by atoms with E-state index >= 15 is 0 Å². The molecule has 0 aromatic carbocycles. The van der Waals surface area contributed by atoms with Crippen LogP contribution in [-0.4, -0.2) is 61.1 Å². The highest BCUT2D eigenvalue weighted by Crippen LogP contribution is 2.46. The lowest BCUT2D eigenvalue weighted by Crippen LogP contribution is -2.28. The summed E-state index contributed by atoms with van der Waals surface area (Å²) in [7, 11) is -1.46. The Kier molecular flexibility index (Phi) is 7.16. The molecule has 1 N–H and O–H groups in total. The fourth-order valence-corrected chi connectivity index (χ4v) is 3.84. The molecule has 2 rings (SSSR count). The zero-order chi connectivity index (χ0) is 22.1. The van der Waals surface area contributed by atoms with Gasteiger partial charge in [-0.25, -0.2) is 4.79 Å². The van der Waals surface area contributed by atoms with Crippen molar-refractivity contribution >= 4 is 14.2 Å². The minimum absolute atomic E-state index is 0.0617. The number of aliphatic hydroxyl groups is 1. The van der Waals surface area contributed by atoms with Gasteiger partial charge in [-0.15, -0.1) is 5.54 Å². The Balaban J connectivity index is 1.64. The molecule has 0 aromatic rings. The van der Waals surface area contributed by atoms with Crippen LogP contribution in [0.3, 0.4) is 0 Å². The molecule has 5 atom stereocenters. The van der Waals surface area contributed by atoms with Crippen molar-refractivity contribution < 1.29 is 28.8 Å². The van der Waals surface area contributed by atoms with Crippen LogP contribution >= 0.6 is 0 Å². The molecule has 2 saturated heterocycles. The summed E-state index contributed by atoms with van der Waals surface area (Å²) in [4.78, 5) is 11.7.